The van der Waals surface area contributed by atoms with Gasteiger partial charge in [0.1, 0.15) is 11.5 Å². The van der Waals surface area contributed by atoms with E-state index in [1.54, 1.807) is 61.5 Å². The first-order valence-electron chi connectivity index (χ1n) is 9.93. The van der Waals surface area contributed by atoms with Crippen molar-refractivity contribution in [2.75, 3.05) is 5.32 Å². The van der Waals surface area contributed by atoms with Gasteiger partial charge in [0.25, 0.3) is 11.6 Å². The highest BCUT2D eigenvalue weighted by atomic mass is 16.6. The number of hydrogen-bond acceptors (Lipinski definition) is 6. The van der Waals surface area contributed by atoms with Gasteiger partial charge in [0.15, 0.2) is 11.5 Å². The normalized spacial score (nSPS) is 10.9. The van der Waals surface area contributed by atoms with Gasteiger partial charge in [-0.05, 0) is 67.1 Å². The van der Waals surface area contributed by atoms with Crippen molar-refractivity contribution in [3.63, 3.8) is 0 Å². The van der Waals surface area contributed by atoms with Crippen LogP contribution in [0.3, 0.4) is 0 Å². The van der Waals surface area contributed by atoms with Crippen LogP contribution in [-0.4, -0.2) is 16.6 Å². The Balaban J connectivity index is 1.49. The van der Waals surface area contributed by atoms with E-state index in [1.807, 2.05) is 0 Å². The lowest BCUT2D eigenvalue weighted by atomic mass is 10.1. The number of nitro benzene ring substituents is 1. The van der Waals surface area contributed by atoms with Crippen molar-refractivity contribution in [1.29, 1.82) is 0 Å². The van der Waals surface area contributed by atoms with E-state index in [1.165, 1.54) is 30.5 Å². The largest absolute Gasteiger partial charge is 0.459 e. The maximum atomic E-state index is 12.6. The zero-order valence-electron chi connectivity index (χ0n) is 17.5. The molecule has 0 unspecified atom stereocenters. The lowest BCUT2D eigenvalue weighted by molar-refractivity contribution is -0.384. The summed E-state index contributed by atoms with van der Waals surface area (Å²) in [6.07, 6.45) is 4.22. The highest BCUT2D eigenvalue weighted by molar-refractivity contribution is 6.08. The van der Waals surface area contributed by atoms with Crippen molar-refractivity contribution in [1.82, 2.24) is 0 Å². The molecule has 2 heterocycles. The molecule has 164 valence electrons. The van der Waals surface area contributed by atoms with Gasteiger partial charge in [-0.3, -0.25) is 19.7 Å². The molecule has 0 aliphatic rings. The predicted octanol–water partition coefficient (Wildman–Crippen LogP) is 5.90. The van der Waals surface area contributed by atoms with Crippen molar-refractivity contribution < 1.29 is 23.3 Å². The van der Waals surface area contributed by atoms with Crippen molar-refractivity contribution in [2.45, 2.75) is 6.92 Å². The molecule has 0 aliphatic heterocycles. The Bertz CT molecular complexity index is 1370. The Kier molecular flexibility index (Phi) is 5.99. The molecule has 0 spiro atoms. The number of allylic oxidation sites excluding steroid dienone is 1. The minimum atomic E-state index is -0.457. The number of carbonyl (C=O) groups excluding carboxylic acids is 2. The number of anilines is 1. The second-order valence-corrected chi connectivity index (χ2v) is 7.19. The average Bonchev–Trinajstić information content (AvgIpc) is 3.50. The summed E-state index contributed by atoms with van der Waals surface area (Å²) in [5, 5.41) is 14.0. The number of benzene rings is 2. The molecule has 33 heavy (non-hydrogen) atoms. The molecule has 1 N–H and O–H groups in total. The van der Waals surface area contributed by atoms with Gasteiger partial charge in [0.2, 0.25) is 0 Å². The first kappa shape index (κ1) is 21.5. The van der Waals surface area contributed by atoms with Gasteiger partial charge in [0.05, 0.1) is 16.7 Å². The van der Waals surface area contributed by atoms with Crippen molar-refractivity contribution >= 4 is 29.1 Å². The molecule has 2 aromatic heterocycles. The van der Waals surface area contributed by atoms with Crippen LogP contribution in [0.1, 0.15) is 32.2 Å². The van der Waals surface area contributed by atoms with E-state index in [-0.39, 0.29) is 17.2 Å². The third-order valence-electron chi connectivity index (χ3n) is 4.79. The summed E-state index contributed by atoms with van der Waals surface area (Å²) in [6.45, 7) is 1.77. The summed E-state index contributed by atoms with van der Waals surface area (Å²) >= 11 is 0. The van der Waals surface area contributed by atoms with Crippen LogP contribution in [0.15, 0.2) is 87.9 Å². The summed E-state index contributed by atoms with van der Waals surface area (Å²) in [4.78, 5) is 35.6. The number of rotatable bonds is 7. The maximum Gasteiger partial charge on any atom is 0.291 e. The Labute approximate surface area is 188 Å². The Morgan fingerprint density at radius 3 is 2.64 bits per heavy atom. The van der Waals surface area contributed by atoms with E-state index >= 15 is 0 Å². The third kappa shape index (κ3) is 4.96. The topological polar surface area (TPSA) is 116 Å². The van der Waals surface area contributed by atoms with Gasteiger partial charge in [0, 0.05) is 17.3 Å². The smallest absolute Gasteiger partial charge is 0.291 e. The molecule has 8 nitrogen and oxygen atoms in total. The lowest BCUT2D eigenvalue weighted by Crippen LogP contribution is -2.11. The SMILES string of the molecule is Cc1ccc(-c2ccc(C=CC(=O)c3cccc(NC(=O)c4ccco4)c3)o2)c([N+](=O)[O-])c1. The fourth-order valence-electron chi connectivity index (χ4n) is 3.19. The first-order valence-corrected chi connectivity index (χ1v) is 9.93. The van der Waals surface area contributed by atoms with Gasteiger partial charge in [-0.2, -0.15) is 0 Å². The quantitative estimate of drug-likeness (QED) is 0.165. The molecule has 0 radical (unpaired) electrons. The van der Waals surface area contributed by atoms with E-state index in [4.69, 9.17) is 8.83 Å². The summed E-state index contributed by atoms with van der Waals surface area (Å²) in [7, 11) is 0. The molecule has 4 rings (SSSR count). The van der Waals surface area contributed by atoms with Crippen LogP contribution in [0.25, 0.3) is 17.4 Å². The molecule has 4 aromatic rings. The Hall–Kier alpha value is -4.72. The zero-order valence-corrected chi connectivity index (χ0v) is 17.5. The standard InChI is InChI=1S/C25H18N2O6/c1-16-7-10-20(21(14-16)27(30)31)23-12-9-19(33-23)8-11-22(28)17-4-2-5-18(15-17)26-25(29)24-6-3-13-32-24/h2-15H,1H3,(H,26,29). The molecular formula is C25H18N2O6. The molecule has 0 fully saturated rings. The second kappa shape index (κ2) is 9.19. The van der Waals surface area contributed by atoms with E-state index in [0.717, 1.165) is 5.56 Å². The van der Waals surface area contributed by atoms with E-state index in [9.17, 15) is 19.7 Å². The number of hydrogen-bond donors (Lipinski definition) is 1. The lowest BCUT2D eigenvalue weighted by Gasteiger charge is -2.04. The van der Waals surface area contributed by atoms with Gasteiger partial charge in [-0.15, -0.1) is 0 Å². The monoisotopic (exact) mass is 442 g/mol. The first-order chi connectivity index (χ1) is 15.9. The summed E-state index contributed by atoms with van der Waals surface area (Å²) < 4.78 is 10.7. The molecule has 1 amide bonds. The molecule has 2 aromatic carbocycles. The number of ketones is 1. The Morgan fingerprint density at radius 2 is 1.88 bits per heavy atom. The highest BCUT2D eigenvalue weighted by Crippen LogP contribution is 2.32. The maximum absolute atomic E-state index is 12.6. The minimum absolute atomic E-state index is 0.0515. The molecule has 0 bridgehead atoms. The molecule has 0 atom stereocenters. The fourth-order valence-corrected chi connectivity index (χ4v) is 3.19. The number of aryl methyl sites for hydroxylation is 1. The minimum Gasteiger partial charge on any atom is -0.459 e. The number of carbonyl (C=O) groups is 2. The molecule has 0 aliphatic carbocycles. The number of amides is 1. The zero-order chi connectivity index (χ0) is 23.4. The van der Waals surface area contributed by atoms with E-state index in [0.29, 0.717) is 28.3 Å². The van der Waals surface area contributed by atoms with Crippen LogP contribution < -0.4 is 5.32 Å². The number of furan rings is 2. The number of nitrogens with one attached hydrogen (secondary N) is 1. The van der Waals surface area contributed by atoms with Crippen LogP contribution in [-0.2, 0) is 0 Å². The van der Waals surface area contributed by atoms with Crippen LogP contribution in [0.2, 0.25) is 0 Å². The van der Waals surface area contributed by atoms with Gasteiger partial charge in [-0.25, -0.2) is 0 Å². The van der Waals surface area contributed by atoms with Crippen LogP contribution in [0, 0.1) is 17.0 Å². The molecule has 0 saturated carbocycles. The fraction of sp³-hybridized carbons (Fsp3) is 0.0400. The van der Waals surface area contributed by atoms with Crippen LogP contribution in [0.4, 0.5) is 11.4 Å². The van der Waals surface area contributed by atoms with Gasteiger partial charge >= 0.3 is 0 Å². The number of nitro groups is 1. The highest BCUT2D eigenvalue weighted by Gasteiger charge is 2.18. The van der Waals surface area contributed by atoms with E-state index < -0.39 is 10.8 Å². The summed E-state index contributed by atoms with van der Waals surface area (Å²) in [5.41, 5.74) is 1.89. The Morgan fingerprint density at radius 1 is 1.03 bits per heavy atom. The predicted molar refractivity (Wildman–Crippen MR) is 122 cm³/mol. The summed E-state index contributed by atoms with van der Waals surface area (Å²) in [6, 6.07) is 17.8. The molecular weight excluding hydrogens is 424 g/mol. The second-order valence-electron chi connectivity index (χ2n) is 7.19. The summed E-state index contributed by atoms with van der Waals surface area (Å²) in [5.74, 6) is 0.137. The third-order valence-corrected chi connectivity index (χ3v) is 4.79. The van der Waals surface area contributed by atoms with Gasteiger partial charge < -0.3 is 14.2 Å². The van der Waals surface area contributed by atoms with Crippen LogP contribution in [0.5, 0.6) is 0 Å². The molecule has 0 saturated heterocycles. The van der Waals surface area contributed by atoms with Crippen LogP contribution >= 0.6 is 0 Å². The molecule has 8 heteroatoms. The van der Waals surface area contributed by atoms with Crippen molar-refractivity contribution in [3.05, 3.63) is 112 Å². The number of nitrogens with zero attached hydrogens (tertiary/aromatic N) is 1. The van der Waals surface area contributed by atoms with Crippen molar-refractivity contribution in [3.8, 4) is 11.3 Å². The van der Waals surface area contributed by atoms with E-state index in [2.05, 4.69) is 5.32 Å². The van der Waals surface area contributed by atoms with Gasteiger partial charge in [-0.1, -0.05) is 18.2 Å². The average molecular weight is 442 g/mol. The van der Waals surface area contributed by atoms with Crippen molar-refractivity contribution in [2.24, 2.45) is 0 Å².